The molecule has 1 spiro atoms. The molecule has 1 heterocycles. The summed E-state index contributed by atoms with van der Waals surface area (Å²) in [6.45, 7) is 6.03. The van der Waals surface area contributed by atoms with Gasteiger partial charge in [0.25, 0.3) is 0 Å². The number of piperidine rings is 1. The molecule has 14 heavy (non-hydrogen) atoms. The van der Waals surface area contributed by atoms with Crippen molar-refractivity contribution >= 4 is 5.91 Å². The van der Waals surface area contributed by atoms with Gasteiger partial charge in [0.2, 0.25) is 5.91 Å². The van der Waals surface area contributed by atoms with Crippen molar-refractivity contribution in [3.05, 3.63) is 0 Å². The molecule has 80 valence electrons. The number of carbonyl (C=O) groups excluding carboxylic acids is 1. The average Bonchev–Trinajstić information content (AvgIpc) is 2.17. The fourth-order valence-electron chi connectivity index (χ4n) is 3.36. The van der Waals surface area contributed by atoms with Crippen LogP contribution in [0.5, 0.6) is 0 Å². The third-order valence-electron chi connectivity index (χ3n) is 4.40. The van der Waals surface area contributed by atoms with Gasteiger partial charge in [-0.15, -0.1) is 0 Å². The smallest absolute Gasteiger partial charge is 0.219 e. The van der Waals surface area contributed by atoms with Crippen LogP contribution in [0.1, 0.15) is 46.0 Å². The number of likely N-dealkylation sites (tertiary alicyclic amines) is 1. The molecule has 2 rings (SSSR count). The number of rotatable bonds is 1. The van der Waals surface area contributed by atoms with Crippen molar-refractivity contribution in [3.63, 3.8) is 0 Å². The van der Waals surface area contributed by atoms with Gasteiger partial charge in [-0.2, -0.15) is 0 Å². The van der Waals surface area contributed by atoms with Crippen LogP contribution in [-0.4, -0.2) is 23.9 Å². The van der Waals surface area contributed by atoms with Crippen LogP contribution >= 0.6 is 0 Å². The van der Waals surface area contributed by atoms with Crippen LogP contribution in [0.25, 0.3) is 0 Å². The lowest BCUT2D eigenvalue weighted by Gasteiger charge is -2.54. The quantitative estimate of drug-likeness (QED) is 0.629. The molecule has 0 N–H and O–H groups in total. The van der Waals surface area contributed by atoms with E-state index >= 15 is 0 Å². The molecule has 1 amide bonds. The van der Waals surface area contributed by atoms with E-state index in [9.17, 15) is 4.79 Å². The highest BCUT2D eigenvalue weighted by atomic mass is 16.2. The Balaban J connectivity index is 2.03. The van der Waals surface area contributed by atoms with Crippen molar-refractivity contribution in [2.75, 3.05) is 13.1 Å². The molecule has 1 aliphatic carbocycles. The van der Waals surface area contributed by atoms with E-state index < -0.39 is 0 Å². The zero-order valence-electron chi connectivity index (χ0n) is 9.38. The average molecular weight is 195 g/mol. The van der Waals surface area contributed by atoms with E-state index in [1.807, 2.05) is 0 Å². The lowest BCUT2D eigenvalue weighted by molar-refractivity contribution is -0.137. The Morgan fingerprint density at radius 3 is 2.79 bits per heavy atom. The Morgan fingerprint density at radius 1 is 1.50 bits per heavy atom. The Bertz CT molecular complexity index is 236. The molecule has 1 saturated carbocycles. The molecule has 0 radical (unpaired) electrons. The fraction of sp³-hybridized carbons (Fsp3) is 0.917. The molecule has 2 heteroatoms. The molecule has 0 bridgehead atoms. The first-order valence-electron chi connectivity index (χ1n) is 5.93. The van der Waals surface area contributed by atoms with Crippen molar-refractivity contribution < 1.29 is 4.79 Å². The van der Waals surface area contributed by atoms with Crippen LogP contribution in [-0.2, 0) is 4.79 Å². The van der Waals surface area contributed by atoms with Crippen molar-refractivity contribution in [3.8, 4) is 0 Å². The summed E-state index contributed by atoms with van der Waals surface area (Å²) in [4.78, 5) is 13.4. The van der Waals surface area contributed by atoms with Crippen LogP contribution in [0.15, 0.2) is 0 Å². The number of amides is 1. The van der Waals surface area contributed by atoms with E-state index in [-0.39, 0.29) is 5.91 Å². The molecule has 2 fully saturated rings. The molecule has 0 aromatic rings. The highest BCUT2D eigenvalue weighted by Crippen LogP contribution is 2.53. The summed E-state index contributed by atoms with van der Waals surface area (Å²) in [5.74, 6) is 1.16. The second-order valence-corrected chi connectivity index (χ2v) is 5.05. The summed E-state index contributed by atoms with van der Waals surface area (Å²) < 4.78 is 0. The fourth-order valence-corrected chi connectivity index (χ4v) is 3.36. The van der Waals surface area contributed by atoms with Gasteiger partial charge in [-0.3, -0.25) is 4.79 Å². The van der Waals surface area contributed by atoms with E-state index in [0.717, 1.165) is 19.0 Å². The summed E-state index contributed by atoms with van der Waals surface area (Å²) >= 11 is 0. The van der Waals surface area contributed by atoms with E-state index in [4.69, 9.17) is 0 Å². The Hall–Kier alpha value is -0.530. The summed E-state index contributed by atoms with van der Waals surface area (Å²) in [5, 5.41) is 0. The van der Waals surface area contributed by atoms with E-state index in [1.54, 1.807) is 6.92 Å². The van der Waals surface area contributed by atoms with Gasteiger partial charge in [0.05, 0.1) is 0 Å². The van der Waals surface area contributed by atoms with Gasteiger partial charge in [0, 0.05) is 20.0 Å². The third-order valence-corrected chi connectivity index (χ3v) is 4.40. The lowest BCUT2D eigenvalue weighted by atomic mass is 9.56. The van der Waals surface area contributed by atoms with Gasteiger partial charge in [-0.05, 0) is 37.0 Å². The van der Waals surface area contributed by atoms with Crippen LogP contribution in [0.4, 0.5) is 0 Å². The van der Waals surface area contributed by atoms with Gasteiger partial charge in [-0.25, -0.2) is 0 Å². The summed E-state index contributed by atoms with van der Waals surface area (Å²) in [5.41, 5.74) is 0.526. The van der Waals surface area contributed by atoms with Gasteiger partial charge in [0.15, 0.2) is 0 Å². The van der Waals surface area contributed by atoms with Gasteiger partial charge in [-0.1, -0.05) is 13.3 Å². The molecule has 1 aliphatic heterocycles. The number of carbonyl (C=O) groups is 1. The minimum absolute atomic E-state index is 0.269. The summed E-state index contributed by atoms with van der Waals surface area (Å²) in [6, 6.07) is 0. The normalized spacial score (nSPS) is 37.0. The van der Waals surface area contributed by atoms with Crippen molar-refractivity contribution in [2.24, 2.45) is 11.3 Å². The molecule has 0 aromatic heterocycles. The highest BCUT2D eigenvalue weighted by molar-refractivity contribution is 5.73. The third kappa shape index (κ3) is 1.45. The molecule has 2 aliphatic rings. The second kappa shape index (κ2) is 3.56. The van der Waals surface area contributed by atoms with E-state index in [0.29, 0.717) is 5.41 Å². The van der Waals surface area contributed by atoms with Gasteiger partial charge >= 0.3 is 0 Å². The largest absolute Gasteiger partial charge is 0.342 e. The Kier molecular flexibility index (Phi) is 2.54. The Morgan fingerprint density at radius 2 is 2.29 bits per heavy atom. The summed E-state index contributed by atoms with van der Waals surface area (Å²) in [7, 11) is 0. The molecule has 1 saturated heterocycles. The first-order valence-corrected chi connectivity index (χ1v) is 5.93. The molecule has 2 nitrogen and oxygen atoms in total. The predicted molar refractivity (Wildman–Crippen MR) is 56.9 cm³/mol. The van der Waals surface area contributed by atoms with Crippen molar-refractivity contribution in [1.29, 1.82) is 0 Å². The number of hydrogen-bond acceptors (Lipinski definition) is 1. The minimum atomic E-state index is 0.269. The topological polar surface area (TPSA) is 20.3 Å². The molecule has 0 aromatic carbocycles. The molecule has 2 unspecified atom stereocenters. The van der Waals surface area contributed by atoms with Crippen LogP contribution in [0.3, 0.4) is 0 Å². The molecular formula is C12H21NO. The van der Waals surface area contributed by atoms with Crippen LogP contribution < -0.4 is 0 Å². The maximum absolute atomic E-state index is 11.3. The highest BCUT2D eigenvalue weighted by Gasteiger charge is 2.47. The number of hydrogen-bond donors (Lipinski definition) is 0. The number of nitrogens with zero attached hydrogens (tertiary/aromatic N) is 1. The van der Waals surface area contributed by atoms with E-state index in [1.165, 1.54) is 32.1 Å². The lowest BCUT2D eigenvalue weighted by Crippen LogP contribution is -2.53. The van der Waals surface area contributed by atoms with Crippen molar-refractivity contribution in [1.82, 2.24) is 4.90 Å². The SMILES string of the molecule is CCC1CCC12CCCN(C(C)=O)C2. The predicted octanol–water partition coefficient (Wildman–Crippen LogP) is 2.44. The Labute approximate surface area is 86.7 Å². The monoisotopic (exact) mass is 195 g/mol. The zero-order chi connectivity index (χ0) is 10.2. The first-order chi connectivity index (χ1) is 6.68. The standard InChI is InChI=1S/C12H21NO/c1-3-11-5-7-12(11)6-4-8-13(9-12)10(2)14/h11H,3-9H2,1-2H3. The molecule has 2 atom stereocenters. The second-order valence-electron chi connectivity index (χ2n) is 5.05. The van der Waals surface area contributed by atoms with Crippen LogP contribution in [0.2, 0.25) is 0 Å². The summed E-state index contributed by atoms with van der Waals surface area (Å²) in [6.07, 6.45) is 6.62. The maximum atomic E-state index is 11.3. The van der Waals surface area contributed by atoms with Gasteiger partial charge in [0.1, 0.15) is 0 Å². The van der Waals surface area contributed by atoms with Crippen molar-refractivity contribution in [2.45, 2.75) is 46.0 Å². The zero-order valence-corrected chi connectivity index (χ0v) is 9.38. The molecular weight excluding hydrogens is 174 g/mol. The first kappa shape index (κ1) is 10.0. The van der Waals surface area contributed by atoms with E-state index in [2.05, 4.69) is 11.8 Å². The maximum Gasteiger partial charge on any atom is 0.219 e. The minimum Gasteiger partial charge on any atom is -0.342 e. The van der Waals surface area contributed by atoms with Gasteiger partial charge < -0.3 is 4.90 Å². The van der Waals surface area contributed by atoms with Crippen LogP contribution in [0, 0.1) is 11.3 Å².